The molecule has 0 atom stereocenters. The van der Waals surface area contributed by atoms with Crippen LogP contribution >= 0.6 is 15.9 Å². The number of hydrogen-bond acceptors (Lipinski definition) is 2. The molecule has 0 spiro atoms. The van der Waals surface area contributed by atoms with Crippen molar-refractivity contribution in [3.63, 3.8) is 0 Å². The van der Waals surface area contributed by atoms with Crippen LogP contribution in [0.3, 0.4) is 0 Å². The fraction of sp³-hybridized carbons (Fsp3) is 0.400. The maximum absolute atomic E-state index is 11.6. The largest absolute Gasteiger partial charge is 0.228 e. The first-order chi connectivity index (χ1) is 6.46. The lowest BCUT2D eigenvalue weighted by atomic mass is 10.1. The average Bonchev–Trinajstić information content (AvgIpc) is 2.84. The van der Waals surface area contributed by atoms with E-state index in [1.165, 1.54) is 6.26 Å². The van der Waals surface area contributed by atoms with Crippen molar-refractivity contribution >= 4 is 25.8 Å². The molecule has 0 aromatic heterocycles. The van der Waals surface area contributed by atoms with Gasteiger partial charge in [0.2, 0.25) is 0 Å². The lowest BCUT2D eigenvalue weighted by molar-refractivity contribution is 0.586. The fourth-order valence-corrected chi connectivity index (χ4v) is 3.41. The molecule has 1 saturated carbocycles. The molecule has 76 valence electrons. The zero-order valence-corrected chi connectivity index (χ0v) is 10.2. The Labute approximate surface area is 92.4 Å². The van der Waals surface area contributed by atoms with Gasteiger partial charge in [0.05, 0.1) is 4.75 Å². The summed E-state index contributed by atoms with van der Waals surface area (Å²) < 4.78 is 23.6. The minimum absolute atomic E-state index is 0.576. The van der Waals surface area contributed by atoms with Crippen molar-refractivity contribution in [2.45, 2.75) is 17.6 Å². The molecule has 0 radical (unpaired) electrons. The summed E-state index contributed by atoms with van der Waals surface area (Å²) in [5.41, 5.74) is 0.920. The van der Waals surface area contributed by atoms with Crippen LogP contribution in [0.4, 0.5) is 0 Å². The van der Waals surface area contributed by atoms with Crippen molar-refractivity contribution in [3.05, 3.63) is 34.3 Å². The Morgan fingerprint density at radius 1 is 1.21 bits per heavy atom. The van der Waals surface area contributed by atoms with Gasteiger partial charge in [-0.3, -0.25) is 0 Å². The summed E-state index contributed by atoms with van der Waals surface area (Å²) in [7, 11) is -2.97. The highest BCUT2D eigenvalue weighted by atomic mass is 79.9. The van der Waals surface area contributed by atoms with Gasteiger partial charge in [0, 0.05) is 10.7 Å². The molecule has 0 bridgehead atoms. The maximum Gasteiger partial charge on any atom is 0.157 e. The molecule has 4 heteroatoms. The van der Waals surface area contributed by atoms with Crippen molar-refractivity contribution < 1.29 is 8.42 Å². The highest BCUT2D eigenvalue weighted by molar-refractivity contribution is 9.10. The van der Waals surface area contributed by atoms with Crippen LogP contribution in [-0.4, -0.2) is 14.7 Å². The van der Waals surface area contributed by atoms with Crippen molar-refractivity contribution in [3.8, 4) is 0 Å². The van der Waals surface area contributed by atoms with E-state index in [4.69, 9.17) is 0 Å². The minimum Gasteiger partial charge on any atom is -0.228 e. The van der Waals surface area contributed by atoms with E-state index < -0.39 is 14.6 Å². The van der Waals surface area contributed by atoms with Crippen LogP contribution in [0.15, 0.2) is 28.7 Å². The van der Waals surface area contributed by atoms with E-state index >= 15 is 0 Å². The average molecular weight is 275 g/mol. The number of benzene rings is 1. The third kappa shape index (κ3) is 1.50. The number of hydrogen-bond donors (Lipinski definition) is 0. The highest BCUT2D eigenvalue weighted by Gasteiger charge is 2.53. The molecule has 14 heavy (non-hydrogen) atoms. The predicted octanol–water partition coefficient (Wildman–Crippen LogP) is 2.48. The van der Waals surface area contributed by atoms with Gasteiger partial charge in [-0.05, 0) is 30.5 Å². The first kappa shape index (κ1) is 10.2. The van der Waals surface area contributed by atoms with Crippen LogP contribution in [0.1, 0.15) is 18.4 Å². The van der Waals surface area contributed by atoms with E-state index in [2.05, 4.69) is 15.9 Å². The van der Waals surface area contributed by atoms with Crippen molar-refractivity contribution in [1.82, 2.24) is 0 Å². The molecule has 1 aliphatic rings. The second-order valence-corrected chi connectivity index (χ2v) is 7.01. The van der Waals surface area contributed by atoms with Gasteiger partial charge < -0.3 is 0 Å². The Morgan fingerprint density at radius 2 is 1.71 bits per heavy atom. The number of sulfone groups is 1. The Hall–Kier alpha value is -0.350. The summed E-state index contributed by atoms with van der Waals surface area (Å²) in [6.45, 7) is 0. The molecular weight excluding hydrogens is 264 g/mol. The second kappa shape index (κ2) is 3.07. The van der Waals surface area contributed by atoms with Gasteiger partial charge in [0.1, 0.15) is 0 Å². The Kier molecular flexibility index (Phi) is 2.23. The predicted molar refractivity (Wildman–Crippen MR) is 59.9 cm³/mol. The Balaban J connectivity index is 2.46. The summed E-state index contributed by atoms with van der Waals surface area (Å²) in [6, 6.07) is 7.55. The molecule has 0 amide bonds. The molecular formula is C10H11BrO2S. The Morgan fingerprint density at radius 3 is 2.07 bits per heavy atom. The van der Waals surface area contributed by atoms with Crippen LogP contribution in [-0.2, 0) is 14.6 Å². The number of halogens is 1. The molecule has 0 saturated heterocycles. The number of rotatable bonds is 2. The van der Waals surface area contributed by atoms with Crippen LogP contribution in [0.2, 0.25) is 0 Å². The van der Waals surface area contributed by atoms with Gasteiger partial charge in [0.15, 0.2) is 9.84 Å². The van der Waals surface area contributed by atoms with Crippen molar-refractivity contribution in [1.29, 1.82) is 0 Å². The molecule has 0 N–H and O–H groups in total. The van der Waals surface area contributed by atoms with E-state index in [0.29, 0.717) is 0 Å². The van der Waals surface area contributed by atoms with Gasteiger partial charge in [-0.25, -0.2) is 8.42 Å². The highest BCUT2D eigenvalue weighted by Crippen LogP contribution is 2.52. The normalized spacial score (nSPS) is 19.3. The molecule has 1 aromatic rings. The SMILES string of the molecule is CS(=O)(=O)C1(c2ccc(Br)cc2)CC1. The molecule has 0 aliphatic heterocycles. The van der Waals surface area contributed by atoms with Crippen LogP contribution < -0.4 is 0 Å². The van der Waals surface area contributed by atoms with E-state index in [-0.39, 0.29) is 0 Å². The second-order valence-electron chi connectivity index (χ2n) is 3.77. The molecule has 2 nitrogen and oxygen atoms in total. The van der Waals surface area contributed by atoms with Gasteiger partial charge >= 0.3 is 0 Å². The molecule has 0 unspecified atom stereocenters. The van der Waals surface area contributed by atoms with Crippen LogP contribution in [0, 0.1) is 0 Å². The molecule has 1 fully saturated rings. The zero-order chi connectivity index (χ0) is 10.4. The zero-order valence-electron chi connectivity index (χ0n) is 7.83. The van der Waals surface area contributed by atoms with E-state index in [1.54, 1.807) is 0 Å². The monoisotopic (exact) mass is 274 g/mol. The van der Waals surface area contributed by atoms with E-state index in [9.17, 15) is 8.42 Å². The van der Waals surface area contributed by atoms with Gasteiger partial charge in [-0.2, -0.15) is 0 Å². The smallest absolute Gasteiger partial charge is 0.157 e. The molecule has 0 heterocycles. The molecule has 2 rings (SSSR count). The summed E-state index contributed by atoms with van der Waals surface area (Å²) in [5, 5.41) is 0. The van der Waals surface area contributed by atoms with Gasteiger partial charge in [0.25, 0.3) is 0 Å². The third-order valence-electron chi connectivity index (χ3n) is 2.78. The molecule has 1 aromatic carbocycles. The summed E-state index contributed by atoms with van der Waals surface area (Å²) in [6.07, 6.45) is 2.84. The topological polar surface area (TPSA) is 34.1 Å². The van der Waals surface area contributed by atoms with Gasteiger partial charge in [-0.15, -0.1) is 0 Å². The summed E-state index contributed by atoms with van der Waals surface area (Å²) in [4.78, 5) is 0. The molecule has 1 aliphatic carbocycles. The minimum atomic E-state index is -2.97. The van der Waals surface area contributed by atoms with Crippen molar-refractivity contribution in [2.24, 2.45) is 0 Å². The first-order valence-corrected chi connectivity index (χ1v) is 7.10. The van der Waals surface area contributed by atoms with Crippen LogP contribution in [0.25, 0.3) is 0 Å². The maximum atomic E-state index is 11.6. The van der Waals surface area contributed by atoms with E-state index in [0.717, 1.165) is 22.9 Å². The Bertz CT molecular complexity index is 444. The van der Waals surface area contributed by atoms with Crippen LogP contribution in [0.5, 0.6) is 0 Å². The quantitative estimate of drug-likeness (QED) is 0.831. The lowest BCUT2D eigenvalue weighted by Crippen LogP contribution is -2.18. The summed E-state index contributed by atoms with van der Waals surface area (Å²) >= 11 is 3.33. The summed E-state index contributed by atoms with van der Waals surface area (Å²) in [5.74, 6) is 0. The van der Waals surface area contributed by atoms with Gasteiger partial charge in [-0.1, -0.05) is 28.1 Å². The first-order valence-electron chi connectivity index (χ1n) is 4.41. The van der Waals surface area contributed by atoms with E-state index in [1.807, 2.05) is 24.3 Å². The standard InChI is InChI=1S/C10H11BrO2S/c1-14(12,13)10(6-7-10)8-2-4-9(11)5-3-8/h2-5H,6-7H2,1H3. The van der Waals surface area contributed by atoms with Crippen molar-refractivity contribution in [2.75, 3.05) is 6.26 Å². The fourth-order valence-electron chi connectivity index (χ4n) is 1.74. The lowest BCUT2D eigenvalue weighted by Gasteiger charge is -2.13. The third-order valence-corrected chi connectivity index (χ3v) is 5.38.